The number of benzene rings is 3. The maximum Gasteiger partial charge on any atom is 0.416 e. The lowest BCUT2D eigenvalue weighted by Gasteiger charge is -2.15. The molecule has 0 aromatic heterocycles. The van der Waals surface area contributed by atoms with Crippen LogP contribution in [0.2, 0.25) is 0 Å². The summed E-state index contributed by atoms with van der Waals surface area (Å²) in [5.41, 5.74) is 6.71. The van der Waals surface area contributed by atoms with Crippen LogP contribution in [0.1, 0.15) is 89.1 Å². The summed E-state index contributed by atoms with van der Waals surface area (Å²) in [5, 5.41) is 11.8. The average molecular weight is 590 g/mol. The van der Waals surface area contributed by atoms with Gasteiger partial charge in [0.2, 0.25) is 0 Å². The van der Waals surface area contributed by atoms with E-state index in [1.54, 1.807) is 24.3 Å². The SMILES string of the molecule is CC(C)=C(C)c1cc(C(=O)NCc2cccc(C(F)(F)F)c2)ccc1C.CCC1C=CC(c2ccccc2C(=O)O)=CC1. The van der Waals surface area contributed by atoms with Gasteiger partial charge in [0, 0.05) is 12.1 Å². The number of hydrogen-bond acceptors (Lipinski definition) is 2. The Hall–Kier alpha value is -4.39. The summed E-state index contributed by atoms with van der Waals surface area (Å²) in [6, 6.07) is 17.5. The molecular formula is C36H38F3NO3. The van der Waals surface area contributed by atoms with Crippen molar-refractivity contribution in [1.82, 2.24) is 5.32 Å². The highest BCUT2D eigenvalue weighted by Crippen LogP contribution is 2.30. The smallest absolute Gasteiger partial charge is 0.416 e. The Morgan fingerprint density at radius 2 is 1.67 bits per heavy atom. The van der Waals surface area contributed by atoms with Crippen molar-refractivity contribution in [2.45, 2.75) is 60.2 Å². The molecule has 226 valence electrons. The zero-order chi connectivity index (χ0) is 31.7. The van der Waals surface area contributed by atoms with E-state index in [4.69, 9.17) is 5.11 Å². The number of rotatable bonds is 7. The molecule has 0 spiro atoms. The summed E-state index contributed by atoms with van der Waals surface area (Å²) >= 11 is 0. The molecular weight excluding hydrogens is 551 g/mol. The van der Waals surface area contributed by atoms with Gasteiger partial charge in [-0.25, -0.2) is 4.79 Å². The molecule has 1 aliphatic carbocycles. The van der Waals surface area contributed by atoms with Crippen molar-refractivity contribution in [2.75, 3.05) is 0 Å². The third-order valence-electron chi connectivity index (χ3n) is 7.54. The van der Waals surface area contributed by atoms with Crippen molar-refractivity contribution in [3.05, 3.63) is 129 Å². The molecule has 3 aromatic carbocycles. The van der Waals surface area contributed by atoms with E-state index in [2.05, 4.69) is 24.4 Å². The van der Waals surface area contributed by atoms with Gasteiger partial charge in [0.15, 0.2) is 0 Å². The summed E-state index contributed by atoms with van der Waals surface area (Å²) < 4.78 is 38.3. The molecule has 2 N–H and O–H groups in total. The van der Waals surface area contributed by atoms with Crippen LogP contribution in [0.5, 0.6) is 0 Å². The van der Waals surface area contributed by atoms with Crippen molar-refractivity contribution in [3.8, 4) is 0 Å². The Morgan fingerprint density at radius 3 is 2.28 bits per heavy atom. The molecule has 0 aliphatic heterocycles. The van der Waals surface area contributed by atoms with E-state index >= 15 is 0 Å². The molecule has 4 rings (SSSR count). The standard InChI is InChI=1S/C21H22F3NO.C15H16O2/c1-13(2)15(4)19-11-17(9-8-14(19)3)20(26)25-12-16-6-5-7-18(10-16)21(22,23)24;1-2-11-7-9-12(10-8-11)13-5-3-4-6-14(13)15(16)17/h5-11H,12H2,1-4H3,(H,25,26);3-7,9-11H,2,8H2,1H3,(H,16,17). The van der Waals surface area contributed by atoms with Gasteiger partial charge < -0.3 is 10.4 Å². The summed E-state index contributed by atoms with van der Waals surface area (Å²) in [6.45, 7) is 10.2. The highest BCUT2D eigenvalue weighted by atomic mass is 19.4. The van der Waals surface area contributed by atoms with Crippen LogP contribution in [0, 0.1) is 12.8 Å². The lowest BCUT2D eigenvalue weighted by Crippen LogP contribution is -2.23. The van der Waals surface area contributed by atoms with E-state index in [-0.39, 0.29) is 12.5 Å². The first kappa shape index (κ1) is 33.1. The Bertz CT molecular complexity index is 1560. The molecule has 1 unspecified atom stereocenters. The van der Waals surface area contributed by atoms with Crippen molar-refractivity contribution in [1.29, 1.82) is 0 Å². The Labute approximate surface area is 251 Å². The number of aryl methyl sites for hydroxylation is 1. The van der Waals surface area contributed by atoms with Crippen molar-refractivity contribution >= 4 is 23.0 Å². The van der Waals surface area contributed by atoms with Gasteiger partial charge in [0.1, 0.15) is 0 Å². The summed E-state index contributed by atoms with van der Waals surface area (Å²) in [7, 11) is 0. The number of nitrogens with one attached hydrogen (secondary N) is 1. The number of amides is 1. The quantitative estimate of drug-likeness (QED) is 0.288. The molecule has 7 heteroatoms. The normalized spacial score (nSPS) is 14.2. The highest BCUT2D eigenvalue weighted by Gasteiger charge is 2.30. The number of hydrogen-bond donors (Lipinski definition) is 2. The largest absolute Gasteiger partial charge is 0.478 e. The Kier molecular flexibility index (Phi) is 11.3. The van der Waals surface area contributed by atoms with E-state index in [1.807, 2.05) is 58.0 Å². The predicted octanol–water partition coefficient (Wildman–Crippen LogP) is 9.51. The van der Waals surface area contributed by atoms with Crippen molar-refractivity contribution in [2.24, 2.45) is 5.92 Å². The molecule has 3 aromatic rings. The summed E-state index contributed by atoms with van der Waals surface area (Å²) in [5.74, 6) is -0.589. The Morgan fingerprint density at radius 1 is 0.953 bits per heavy atom. The molecule has 1 atom stereocenters. The van der Waals surface area contributed by atoms with Gasteiger partial charge in [-0.3, -0.25) is 4.79 Å². The summed E-state index contributed by atoms with van der Waals surface area (Å²) in [4.78, 5) is 23.5. The van der Waals surface area contributed by atoms with Gasteiger partial charge in [-0.05, 0) is 110 Å². The molecule has 0 radical (unpaired) electrons. The lowest BCUT2D eigenvalue weighted by molar-refractivity contribution is -0.137. The molecule has 1 aliphatic rings. The van der Waals surface area contributed by atoms with Gasteiger partial charge in [-0.2, -0.15) is 13.2 Å². The number of allylic oxidation sites excluding steroid dienone is 6. The topological polar surface area (TPSA) is 66.4 Å². The number of carbonyl (C=O) groups is 2. The Balaban J connectivity index is 0.000000257. The first-order valence-corrected chi connectivity index (χ1v) is 14.2. The van der Waals surface area contributed by atoms with Crippen LogP contribution in [0.15, 0.2) is 90.5 Å². The van der Waals surface area contributed by atoms with Gasteiger partial charge >= 0.3 is 12.1 Å². The molecule has 0 fully saturated rings. The van der Waals surface area contributed by atoms with Gasteiger partial charge in [0.05, 0.1) is 11.1 Å². The van der Waals surface area contributed by atoms with Gasteiger partial charge in [0.25, 0.3) is 5.91 Å². The van der Waals surface area contributed by atoms with Gasteiger partial charge in [-0.15, -0.1) is 0 Å². The first-order chi connectivity index (χ1) is 20.3. The fourth-order valence-corrected chi connectivity index (χ4v) is 4.67. The molecule has 0 heterocycles. The molecule has 1 amide bonds. The van der Waals surface area contributed by atoms with E-state index in [1.165, 1.54) is 6.07 Å². The van der Waals surface area contributed by atoms with E-state index in [0.29, 0.717) is 22.6 Å². The van der Waals surface area contributed by atoms with Crippen LogP contribution in [0.4, 0.5) is 13.2 Å². The molecule has 0 saturated heterocycles. The first-order valence-electron chi connectivity index (χ1n) is 14.2. The predicted molar refractivity (Wildman–Crippen MR) is 167 cm³/mol. The van der Waals surface area contributed by atoms with Crippen LogP contribution >= 0.6 is 0 Å². The van der Waals surface area contributed by atoms with Crippen molar-refractivity contribution < 1.29 is 27.9 Å². The van der Waals surface area contributed by atoms with Crippen LogP contribution in [-0.4, -0.2) is 17.0 Å². The number of aromatic carboxylic acids is 1. The fourth-order valence-electron chi connectivity index (χ4n) is 4.67. The zero-order valence-corrected chi connectivity index (χ0v) is 25.2. The second kappa shape index (κ2) is 14.7. The second-order valence-electron chi connectivity index (χ2n) is 10.8. The van der Waals surface area contributed by atoms with E-state index in [0.717, 1.165) is 58.4 Å². The van der Waals surface area contributed by atoms with E-state index in [9.17, 15) is 22.8 Å². The molecule has 0 saturated carbocycles. The van der Waals surface area contributed by atoms with Crippen LogP contribution < -0.4 is 5.32 Å². The van der Waals surface area contributed by atoms with E-state index < -0.39 is 17.7 Å². The van der Waals surface area contributed by atoms with Gasteiger partial charge in [-0.1, -0.05) is 67.1 Å². The monoisotopic (exact) mass is 589 g/mol. The van der Waals surface area contributed by atoms with Crippen molar-refractivity contribution in [3.63, 3.8) is 0 Å². The lowest BCUT2D eigenvalue weighted by atomic mass is 9.90. The molecule has 43 heavy (non-hydrogen) atoms. The minimum atomic E-state index is -4.40. The number of halogens is 3. The third kappa shape index (κ3) is 9.05. The number of carbonyl (C=O) groups excluding carboxylic acids is 1. The maximum absolute atomic E-state index is 12.8. The molecule has 4 nitrogen and oxygen atoms in total. The number of alkyl halides is 3. The summed E-state index contributed by atoms with van der Waals surface area (Å²) in [6.07, 6.45) is 4.08. The second-order valence-corrected chi connectivity index (χ2v) is 10.8. The van der Waals surface area contributed by atoms with Crippen LogP contribution in [0.25, 0.3) is 11.1 Å². The number of carboxylic acid groups (broad SMARTS) is 1. The minimum absolute atomic E-state index is 0.0353. The van der Waals surface area contributed by atoms with Crippen LogP contribution in [-0.2, 0) is 12.7 Å². The third-order valence-corrected chi connectivity index (χ3v) is 7.54. The molecule has 0 bridgehead atoms. The van der Waals surface area contributed by atoms with Crippen LogP contribution in [0.3, 0.4) is 0 Å². The average Bonchev–Trinajstić information content (AvgIpc) is 2.99. The fraction of sp³-hybridized carbons (Fsp3) is 0.278. The minimum Gasteiger partial charge on any atom is -0.478 e. The highest BCUT2D eigenvalue weighted by molar-refractivity contribution is 5.96. The zero-order valence-electron chi connectivity index (χ0n) is 25.2. The maximum atomic E-state index is 12.8. The number of carboxylic acids is 1.